The van der Waals surface area contributed by atoms with Crippen LogP contribution in [0.25, 0.3) is 17.2 Å². The van der Waals surface area contributed by atoms with Gasteiger partial charge >= 0.3 is 5.97 Å². The Morgan fingerprint density at radius 1 is 1.24 bits per heavy atom. The molecule has 25 heavy (non-hydrogen) atoms. The topological polar surface area (TPSA) is 55.1 Å². The number of halogens is 1. The molecule has 1 aromatic heterocycles. The van der Waals surface area contributed by atoms with Crippen molar-refractivity contribution in [3.8, 4) is 11.1 Å². The zero-order valence-corrected chi connectivity index (χ0v) is 13.7. The van der Waals surface area contributed by atoms with E-state index in [0.717, 1.165) is 17.7 Å². The first-order valence-corrected chi connectivity index (χ1v) is 7.79. The molecule has 0 aliphatic carbocycles. The number of aromatic nitrogens is 2. The van der Waals surface area contributed by atoms with E-state index in [1.807, 2.05) is 30.0 Å². The third-order valence-electron chi connectivity index (χ3n) is 3.98. The average Bonchev–Trinajstić information content (AvgIpc) is 3.00. The lowest BCUT2D eigenvalue weighted by Crippen LogP contribution is -2.00. The molecule has 0 spiro atoms. The second-order valence-electron chi connectivity index (χ2n) is 5.72. The summed E-state index contributed by atoms with van der Waals surface area (Å²) in [5.41, 5.74) is 3.38. The number of carbonyl (C=O) groups is 1. The summed E-state index contributed by atoms with van der Waals surface area (Å²) in [4.78, 5) is 15.6. The van der Waals surface area contributed by atoms with Gasteiger partial charge < -0.3 is 9.67 Å². The molecule has 1 N–H and O–H groups in total. The minimum absolute atomic E-state index is 0.190. The lowest BCUT2D eigenvalue weighted by atomic mass is 9.97. The summed E-state index contributed by atoms with van der Waals surface area (Å²) in [5, 5.41) is 9.40. The number of rotatable bonds is 5. The van der Waals surface area contributed by atoms with Crippen LogP contribution in [0.3, 0.4) is 0 Å². The molecule has 2 aromatic carbocycles. The highest BCUT2D eigenvalue weighted by atomic mass is 19.1. The van der Waals surface area contributed by atoms with Crippen molar-refractivity contribution in [1.82, 2.24) is 9.55 Å². The zero-order chi connectivity index (χ0) is 17.8. The molecule has 0 saturated heterocycles. The fourth-order valence-corrected chi connectivity index (χ4v) is 2.62. The molecule has 1 heterocycles. The van der Waals surface area contributed by atoms with Gasteiger partial charge in [0.2, 0.25) is 0 Å². The average molecular weight is 336 g/mol. The highest BCUT2D eigenvalue weighted by Crippen LogP contribution is 2.26. The van der Waals surface area contributed by atoms with Crippen molar-refractivity contribution in [3.05, 3.63) is 83.7 Å². The van der Waals surface area contributed by atoms with Crippen LogP contribution in [0.15, 0.2) is 61.1 Å². The number of aromatic carboxylic acids is 1. The van der Waals surface area contributed by atoms with Crippen LogP contribution in [0.1, 0.15) is 21.6 Å². The second-order valence-corrected chi connectivity index (χ2v) is 5.72. The summed E-state index contributed by atoms with van der Waals surface area (Å²) in [7, 11) is 1.93. The first kappa shape index (κ1) is 16.6. The number of allylic oxidation sites excluding steroid dienone is 1. The Morgan fingerprint density at radius 2 is 2.00 bits per heavy atom. The van der Waals surface area contributed by atoms with Gasteiger partial charge in [-0.15, -0.1) is 0 Å². The smallest absolute Gasteiger partial charge is 0.336 e. The first-order chi connectivity index (χ1) is 12.0. The zero-order valence-electron chi connectivity index (χ0n) is 13.7. The summed E-state index contributed by atoms with van der Waals surface area (Å²) in [5.74, 6) is -1.36. The Bertz CT molecular complexity index is 927. The van der Waals surface area contributed by atoms with Crippen molar-refractivity contribution in [3.63, 3.8) is 0 Å². The van der Waals surface area contributed by atoms with Crippen molar-refractivity contribution in [2.45, 2.75) is 6.42 Å². The summed E-state index contributed by atoms with van der Waals surface area (Å²) in [6, 6.07) is 11.0. The molecule has 3 rings (SSSR count). The monoisotopic (exact) mass is 336 g/mol. The molecule has 0 fully saturated rings. The standard InChI is InChI=1S/C20H17FN2O2/c1-23-13-22-12-17(23)4-2-3-14-5-10-18(20(24)25)19(11-14)15-6-8-16(21)9-7-15/h2-3,5-13H,4H2,1H3,(H,24,25). The number of nitrogens with zero attached hydrogens (tertiary/aromatic N) is 2. The number of benzene rings is 2. The van der Waals surface area contributed by atoms with E-state index in [2.05, 4.69) is 4.98 Å². The molecule has 3 aromatic rings. The van der Waals surface area contributed by atoms with Crippen LogP contribution in [-0.4, -0.2) is 20.6 Å². The number of carboxylic acid groups (broad SMARTS) is 1. The summed E-state index contributed by atoms with van der Waals surface area (Å²) < 4.78 is 15.1. The van der Waals surface area contributed by atoms with E-state index in [-0.39, 0.29) is 11.4 Å². The van der Waals surface area contributed by atoms with Crippen molar-refractivity contribution < 1.29 is 14.3 Å². The van der Waals surface area contributed by atoms with Crippen LogP contribution < -0.4 is 0 Å². The number of carboxylic acids is 1. The van der Waals surface area contributed by atoms with E-state index < -0.39 is 5.97 Å². The maximum absolute atomic E-state index is 13.1. The largest absolute Gasteiger partial charge is 0.478 e. The van der Waals surface area contributed by atoms with Crippen LogP contribution in [0, 0.1) is 5.82 Å². The van der Waals surface area contributed by atoms with Gasteiger partial charge in [0.25, 0.3) is 0 Å². The van der Waals surface area contributed by atoms with Gasteiger partial charge in [-0.05, 0) is 41.0 Å². The van der Waals surface area contributed by atoms with Crippen molar-refractivity contribution in [1.29, 1.82) is 0 Å². The Labute approximate surface area is 144 Å². The van der Waals surface area contributed by atoms with Crippen molar-refractivity contribution >= 4 is 12.0 Å². The first-order valence-electron chi connectivity index (χ1n) is 7.79. The summed E-state index contributed by atoms with van der Waals surface area (Å²) in [6.45, 7) is 0. The second kappa shape index (κ2) is 7.13. The van der Waals surface area contributed by atoms with Gasteiger partial charge in [0.05, 0.1) is 11.9 Å². The van der Waals surface area contributed by atoms with E-state index in [1.54, 1.807) is 36.7 Å². The Morgan fingerprint density at radius 3 is 2.64 bits per heavy atom. The van der Waals surface area contributed by atoms with Gasteiger partial charge in [0.15, 0.2) is 0 Å². The molecule has 0 atom stereocenters. The third-order valence-corrected chi connectivity index (χ3v) is 3.98. The third kappa shape index (κ3) is 3.83. The minimum atomic E-state index is -1.01. The quantitative estimate of drug-likeness (QED) is 0.760. The molecule has 0 amide bonds. The van der Waals surface area contributed by atoms with E-state index >= 15 is 0 Å². The predicted molar refractivity (Wildman–Crippen MR) is 94.7 cm³/mol. The molecule has 4 nitrogen and oxygen atoms in total. The van der Waals surface area contributed by atoms with Crippen molar-refractivity contribution in [2.24, 2.45) is 7.05 Å². The van der Waals surface area contributed by atoms with Crippen molar-refractivity contribution in [2.75, 3.05) is 0 Å². The molecule has 5 heteroatoms. The van der Waals surface area contributed by atoms with Gasteiger partial charge in [-0.2, -0.15) is 0 Å². The van der Waals surface area contributed by atoms with E-state index in [4.69, 9.17) is 0 Å². The van der Waals surface area contributed by atoms with Crippen LogP contribution >= 0.6 is 0 Å². The fraction of sp³-hybridized carbons (Fsp3) is 0.100. The summed E-state index contributed by atoms with van der Waals surface area (Å²) in [6.07, 6.45) is 8.22. The molecule has 0 aliphatic rings. The minimum Gasteiger partial charge on any atom is -0.478 e. The van der Waals surface area contributed by atoms with E-state index in [0.29, 0.717) is 11.1 Å². The molecule has 0 unspecified atom stereocenters. The molecular formula is C20H17FN2O2. The molecule has 0 radical (unpaired) electrons. The molecule has 0 bridgehead atoms. The lowest BCUT2D eigenvalue weighted by Gasteiger charge is -2.08. The van der Waals surface area contributed by atoms with Gasteiger partial charge in [-0.1, -0.05) is 30.4 Å². The summed E-state index contributed by atoms with van der Waals surface area (Å²) >= 11 is 0. The van der Waals surface area contributed by atoms with Crippen LogP contribution in [0.4, 0.5) is 4.39 Å². The Kier molecular flexibility index (Phi) is 4.75. The molecule has 126 valence electrons. The predicted octanol–water partition coefficient (Wildman–Crippen LogP) is 4.18. The van der Waals surface area contributed by atoms with E-state index in [1.165, 1.54) is 12.1 Å². The van der Waals surface area contributed by atoms with Gasteiger partial charge in [0.1, 0.15) is 5.82 Å². The lowest BCUT2D eigenvalue weighted by molar-refractivity contribution is 0.0697. The Hall–Kier alpha value is -3.21. The maximum atomic E-state index is 13.1. The molecule has 0 aliphatic heterocycles. The number of hydrogen-bond acceptors (Lipinski definition) is 2. The number of aryl methyl sites for hydroxylation is 1. The molecular weight excluding hydrogens is 319 g/mol. The normalized spacial score (nSPS) is 11.1. The SMILES string of the molecule is Cn1cncc1CC=Cc1ccc(C(=O)O)c(-c2ccc(F)cc2)c1. The van der Waals surface area contributed by atoms with E-state index in [9.17, 15) is 14.3 Å². The maximum Gasteiger partial charge on any atom is 0.336 e. The van der Waals surface area contributed by atoms with Crippen LogP contribution in [-0.2, 0) is 13.5 Å². The van der Waals surface area contributed by atoms with Gasteiger partial charge in [-0.25, -0.2) is 14.2 Å². The van der Waals surface area contributed by atoms with Crippen LogP contribution in [0.5, 0.6) is 0 Å². The van der Waals surface area contributed by atoms with Crippen LogP contribution in [0.2, 0.25) is 0 Å². The number of imidazole rings is 1. The highest BCUT2D eigenvalue weighted by molar-refractivity contribution is 5.96. The highest BCUT2D eigenvalue weighted by Gasteiger charge is 2.12. The van der Waals surface area contributed by atoms with Gasteiger partial charge in [-0.3, -0.25) is 0 Å². The number of hydrogen-bond donors (Lipinski definition) is 1. The molecule has 0 saturated carbocycles. The fourth-order valence-electron chi connectivity index (χ4n) is 2.62. The van der Waals surface area contributed by atoms with Gasteiger partial charge in [0, 0.05) is 25.4 Å². The Balaban J connectivity index is 1.91.